The molecular formula is C25H24ClFN4O3. The second-order valence-electron chi connectivity index (χ2n) is 8.17. The van der Waals surface area contributed by atoms with Crippen LogP contribution in [0.1, 0.15) is 52.8 Å². The van der Waals surface area contributed by atoms with E-state index in [0.717, 1.165) is 16.9 Å². The van der Waals surface area contributed by atoms with E-state index in [-0.39, 0.29) is 35.4 Å². The highest BCUT2D eigenvalue weighted by Crippen LogP contribution is 2.28. The molecular weight excluding hydrogens is 459 g/mol. The number of hydrogen-bond donors (Lipinski definition) is 1. The molecule has 4 rings (SSSR count). The van der Waals surface area contributed by atoms with Crippen LogP contribution in [0.2, 0.25) is 5.02 Å². The predicted octanol–water partition coefficient (Wildman–Crippen LogP) is 5.98. The van der Waals surface area contributed by atoms with Crippen molar-refractivity contribution in [2.75, 3.05) is 5.32 Å². The maximum atomic E-state index is 14.0. The van der Waals surface area contributed by atoms with Crippen LogP contribution in [-0.4, -0.2) is 20.7 Å². The number of ether oxygens (including phenoxy) is 1. The van der Waals surface area contributed by atoms with E-state index in [1.807, 2.05) is 13.0 Å². The molecule has 0 bridgehead atoms. The number of nitrogens with zero attached hydrogens (tertiary/aromatic N) is 3. The van der Waals surface area contributed by atoms with E-state index in [0.29, 0.717) is 11.7 Å². The molecule has 2 aromatic carbocycles. The largest absolute Gasteiger partial charge is 0.485 e. The minimum Gasteiger partial charge on any atom is -0.485 e. The zero-order valence-corrected chi connectivity index (χ0v) is 19.8. The first-order valence-electron chi connectivity index (χ1n) is 10.8. The fourth-order valence-electron chi connectivity index (χ4n) is 3.41. The van der Waals surface area contributed by atoms with Crippen LogP contribution in [-0.2, 0) is 13.2 Å². The Morgan fingerprint density at radius 2 is 2.06 bits per heavy atom. The predicted molar refractivity (Wildman–Crippen MR) is 127 cm³/mol. The maximum Gasteiger partial charge on any atom is 0.293 e. The smallest absolute Gasteiger partial charge is 0.293 e. The van der Waals surface area contributed by atoms with Crippen LogP contribution in [0.5, 0.6) is 5.75 Å². The number of rotatable bonds is 8. The topological polar surface area (TPSA) is 82.2 Å². The molecule has 176 valence electrons. The van der Waals surface area contributed by atoms with Gasteiger partial charge in [0.15, 0.2) is 5.76 Å². The Kier molecular flexibility index (Phi) is 6.98. The first-order valence-corrected chi connectivity index (χ1v) is 11.1. The number of benzene rings is 2. The molecule has 2 heterocycles. The molecule has 34 heavy (non-hydrogen) atoms. The minimum absolute atomic E-state index is 0.0630. The minimum atomic E-state index is -0.508. The fourth-order valence-corrected chi connectivity index (χ4v) is 3.63. The lowest BCUT2D eigenvalue weighted by molar-refractivity contribution is 0.0991. The molecule has 0 atom stereocenters. The van der Waals surface area contributed by atoms with Crippen LogP contribution in [0.15, 0.2) is 59.3 Å². The summed E-state index contributed by atoms with van der Waals surface area (Å²) >= 11 is 6.06. The van der Waals surface area contributed by atoms with E-state index in [9.17, 15) is 9.18 Å². The number of hydrogen-bond acceptors (Lipinski definition) is 5. The van der Waals surface area contributed by atoms with Gasteiger partial charge in [-0.3, -0.25) is 10.1 Å². The van der Waals surface area contributed by atoms with Gasteiger partial charge in [-0.25, -0.2) is 14.1 Å². The number of halogens is 2. The van der Waals surface area contributed by atoms with Gasteiger partial charge in [0, 0.05) is 10.6 Å². The van der Waals surface area contributed by atoms with Gasteiger partial charge in [-0.2, -0.15) is 0 Å². The molecule has 0 radical (unpaired) electrons. The van der Waals surface area contributed by atoms with Gasteiger partial charge < -0.3 is 9.15 Å². The Balaban J connectivity index is 1.38. The van der Waals surface area contributed by atoms with Crippen LogP contribution in [0.25, 0.3) is 0 Å². The molecule has 1 N–H and O–H groups in total. The zero-order chi connectivity index (χ0) is 24.2. The lowest BCUT2D eigenvalue weighted by Crippen LogP contribution is -2.13. The average molecular weight is 483 g/mol. The number of amides is 1. The normalized spacial score (nSPS) is 11.1. The summed E-state index contributed by atoms with van der Waals surface area (Å²) in [6.07, 6.45) is 1.38. The van der Waals surface area contributed by atoms with Crippen molar-refractivity contribution >= 4 is 23.5 Å². The second-order valence-corrected chi connectivity index (χ2v) is 8.58. The van der Waals surface area contributed by atoms with Gasteiger partial charge in [-0.05, 0) is 54.3 Å². The lowest BCUT2D eigenvalue weighted by atomic mass is 10.0. The van der Waals surface area contributed by atoms with Crippen LogP contribution in [0, 0.1) is 12.7 Å². The molecule has 0 saturated heterocycles. The van der Waals surface area contributed by atoms with E-state index < -0.39 is 11.7 Å². The van der Waals surface area contributed by atoms with Gasteiger partial charge >= 0.3 is 0 Å². The van der Waals surface area contributed by atoms with E-state index in [4.69, 9.17) is 20.8 Å². The summed E-state index contributed by atoms with van der Waals surface area (Å²) in [5, 5.41) is 7.01. The Labute approximate surface area is 201 Å². The van der Waals surface area contributed by atoms with Crippen molar-refractivity contribution in [2.45, 2.75) is 39.8 Å². The quantitative estimate of drug-likeness (QED) is 0.334. The molecule has 9 heteroatoms. The fraction of sp³-hybridized carbons (Fsp3) is 0.240. The molecule has 1 amide bonds. The van der Waals surface area contributed by atoms with E-state index >= 15 is 0 Å². The van der Waals surface area contributed by atoms with Crippen molar-refractivity contribution in [3.63, 3.8) is 0 Å². The van der Waals surface area contributed by atoms with Crippen molar-refractivity contribution in [2.24, 2.45) is 0 Å². The number of anilines is 1. The summed E-state index contributed by atoms with van der Waals surface area (Å²) in [7, 11) is 0. The Hall–Kier alpha value is -3.65. The van der Waals surface area contributed by atoms with Gasteiger partial charge in [-0.15, -0.1) is 5.10 Å². The highest BCUT2D eigenvalue weighted by molar-refractivity contribution is 6.31. The first kappa shape index (κ1) is 23.5. The molecule has 0 aliphatic carbocycles. The monoisotopic (exact) mass is 482 g/mol. The number of carbonyl (C=O) groups is 1. The van der Waals surface area contributed by atoms with Crippen LogP contribution in [0.3, 0.4) is 0 Å². The molecule has 2 aromatic heterocycles. The average Bonchev–Trinajstić information content (AvgIpc) is 3.44. The molecule has 7 nitrogen and oxygen atoms in total. The lowest BCUT2D eigenvalue weighted by Gasteiger charge is -2.14. The summed E-state index contributed by atoms with van der Waals surface area (Å²) in [5.41, 5.74) is 2.49. The van der Waals surface area contributed by atoms with Gasteiger partial charge in [-0.1, -0.05) is 43.6 Å². The van der Waals surface area contributed by atoms with Crippen molar-refractivity contribution in [3.05, 3.63) is 93.9 Å². The number of aromatic nitrogens is 3. The van der Waals surface area contributed by atoms with E-state index in [1.165, 1.54) is 23.1 Å². The third-order valence-corrected chi connectivity index (χ3v) is 5.54. The summed E-state index contributed by atoms with van der Waals surface area (Å²) in [6.45, 7) is 6.48. The number of aryl methyl sites for hydroxylation is 1. The molecule has 0 unspecified atom stereocenters. The third-order valence-electron chi connectivity index (χ3n) is 5.19. The summed E-state index contributed by atoms with van der Waals surface area (Å²) in [5.74, 6) is 0.830. The molecule has 0 spiro atoms. The summed E-state index contributed by atoms with van der Waals surface area (Å²) < 4.78 is 27.0. The van der Waals surface area contributed by atoms with E-state index in [1.54, 1.807) is 18.2 Å². The maximum absolute atomic E-state index is 14.0. The molecule has 0 aliphatic heterocycles. The third kappa shape index (κ3) is 5.46. The Bertz CT molecular complexity index is 1290. The highest BCUT2D eigenvalue weighted by Gasteiger charge is 2.16. The number of carbonyl (C=O) groups excluding carboxylic acids is 1. The van der Waals surface area contributed by atoms with Crippen molar-refractivity contribution in [1.82, 2.24) is 14.8 Å². The Morgan fingerprint density at radius 3 is 2.82 bits per heavy atom. The number of nitrogens with one attached hydrogen (secondary N) is 1. The van der Waals surface area contributed by atoms with Gasteiger partial charge in [0.25, 0.3) is 5.91 Å². The highest BCUT2D eigenvalue weighted by atomic mass is 35.5. The van der Waals surface area contributed by atoms with Crippen LogP contribution in [0.4, 0.5) is 10.3 Å². The van der Waals surface area contributed by atoms with Gasteiger partial charge in [0.05, 0.1) is 6.54 Å². The van der Waals surface area contributed by atoms with Gasteiger partial charge in [0.1, 0.15) is 30.3 Å². The second kappa shape index (κ2) is 10.1. The van der Waals surface area contributed by atoms with Crippen LogP contribution >= 0.6 is 11.6 Å². The molecule has 0 aliphatic rings. The zero-order valence-electron chi connectivity index (χ0n) is 19.0. The Morgan fingerprint density at radius 1 is 1.24 bits per heavy atom. The SMILES string of the molecule is Cc1ccc(C(C)C)c(OCc2ccc(C(=O)Nc3ncn(Cc4c(F)cccc4Cl)n3)o2)c1. The van der Waals surface area contributed by atoms with E-state index in [2.05, 4.69) is 41.4 Å². The molecule has 4 aromatic rings. The standard InChI is InChI=1S/C25H24ClFN4O3/c1-15(2)18-9-7-16(3)11-23(18)33-13-17-8-10-22(34-17)24(32)29-25-28-14-31(30-25)12-19-20(26)5-4-6-21(19)27/h4-11,14-15H,12-13H2,1-3H3,(H,29,30,32). The molecule has 0 fully saturated rings. The molecule has 0 saturated carbocycles. The van der Waals surface area contributed by atoms with Crippen molar-refractivity contribution in [1.29, 1.82) is 0 Å². The number of furan rings is 1. The van der Waals surface area contributed by atoms with Crippen molar-refractivity contribution in [3.8, 4) is 5.75 Å². The van der Waals surface area contributed by atoms with Crippen molar-refractivity contribution < 1.29 is 18.3 Å². The summed E-state index contributed by atoms with van der Waals surface area (Å²) in [6, 6.07) is 13.8. The van der Waals surface area contributed by atoms with Gasteiger partial charge in [0.2, 0.25) is 5.95 Å². The van der Waals surface area contributed by atoms with Crippen LogP contribution < -0.4 is 10.1 Å². The first-order chi connectivity index (χ1) is 16.3. The summed E-state index contributed by atoms with van der Waals surface area (Å²) in [4.78, 5) is 16.6.